The molecule has 3 rings (SSSR count). The Balaban J connectivity index is 1.71. The summed E-state index contributed by atoms with van der Waals surface area (Å²) in [4.78, 5) is 11.9. The molecule has 3 aromatic rings. The number of ether oxygens (including phenoxy) is 3. The monoisotopic (exact) mass is 390 g/mol. The largest absolute Gasteiger partial charge is 0.489 e. The highest BCUT2D eigenvalue weighted by Crippen LogP contribution is 2.31. The molecule has 3 aromatic carbocycles. The van der Waals surface area contributed by atoms with Gasteiger partial charge in [0.1, 0.15) is 18.1 Å². The van der Waals surface area contributed by atoms with E-state index >= 15 is 0 Å². The molecule has 29 heavy (non-hydrogen) atoms. The van der Waals surface area contributed by atoms with Gasteiger partial charge >= 0.3 is 5.97 Å². The van der Waals surface area contributed by atoms with Crippen molar-refractivity contribution in [1.82, 2.24) is 0 Å². The topological polar surface area (TPSA) is 44.8 Å². The van der Waals surface area contributed by atoms with Gasteiger partial charge in [-0.2, -0.15) is 0 Å². The average molecular weight is 390 g/mol. The molecule has 0 aliphatic rings. The van der Waals surface area contributed by atoms with E-state index in [1.807, 2.05) is 79.7 Å². The fraction of sp³-hybridized carbons (Fsp3) is 0.240. The van der Waals surface area contributed by atoms with Crippen LogP contribution in [0.3, 0.4) is 0 Å². The Hall–Kier alpha value is -3.27. The van der Waals surface area contributed by atoms with Crippen molar-refractivity contribution in [1.29, 1.82) is 0 Å². The van der Waals surface area contributed by atoms with Gasteiger partial charge in [-0.25, -0.2) is 4.79 Å². The zero-order valence-electron chi connectivity index (χ0n) is 17.1. The maximum atomic E-state index is 11.9. The maximum Gasteiger partial charge on any atom is 0.347 e. The second-order valence-electron chi connectivity index (χ2n) is 6.74. The van der Waals surface area contributed by atoms with Gasteiger partial charge in [-0.1, -0.05) is 54.6 Å². The number of carbonyl (C=O) groups is 1. The van der Waals surface area contributed by atoms with E-state index in [0.29, 0.717) is 19.0 Å². The Kier molecular flexibility index (Phi) is 6.90. The van der Waals surface area contributed by atoms with Crippen molar-refractivity contribution in [2.24, 2.45) is 0 Å². The molecule has 0 amide bonds. The minimum Gasteiger partial charge on any atom is -0.489 e. The number of hydrogen-bond donors (Lipinski definition) is 0. The predicted molar refractivity (Wildman–Crippen MR) is 114 cm³/mol. The molecule has 0 saturated heterocycles. The van der Waals surface area contributed by atoms with E-state index < -0.39 is 6.10 Å². The molecule has 0 spiro atoms. The molecule has 0 heterocycles. The quantitative estimate of drug-likeness (QED) is 0.472. The van der Waals surface area contributed by atoms with E-state index in [4.69, 9.17) is 14.2 Å². The Morgan fingerprint density at radius 2 is 1.66 bits per heavy atom. The van der Waals surface area contributed by atoms with Gasteiger partial charge in [-0.15, -0.1) is 0 Å². The van der Waals surface area contributed by atoms with E-state index in [-0.39, 0.29) is 5.97 Å². The van der Waals surface area contributed by atoms with Crippen LogP contribution in [0.5, 0.6) is 11.5 Å². The summed E-state index contributed by atoms with van der Waals surface area (Å²) in [6, 6.07) is 23.9. The Labute approximate surface area is 172 Å². The predicted octanol–water partition coefficient (Wildman–Crippen LogP) is 5.57. The first kappa shape index (κ1) is 20.5. The SMILES string of the molecule is CCOC(=O)C(C)Oc1cccc(-c2ccc(OCc3ccccc3)cc2)c1C. The molecule has 0 aromatic heterocycles. The van der Waals surface area contributed by atoms with Crippen molar-refractivity contribution in [3.8, 4) is 22.6 Å². The van der Waals surface area contributed by atoms with E-state index in [0.717, 1.165) is 28.0 Å². The van der Waals surface area contributed by atoms with E-state index in [1.54, 1.807) is 13.8 Å². The summed E-state index contributed by atoms with van der Waals surface area (Å²) in [5.74, 6) is 1.13. The smallest absolute Gasteiger partial charge is 0.347 e. The molecule has 1 atom stereocenters. The van der Waals surface area contributed by atoms with Gasteiger partial charge in [-0.3, -0.25) is 0 Å². The van der Waals surface area contributed by atoms with Crippen LogP contribution in [0.4, 0.5) is 0 Å². The van der Waals surface area contributed by atoms with E-state index in [9.17, 15) is 4.79 Å². The third kappa shape index (κ3) is 5.38. The first-order valence-corrected chi connectivity index (χ1v) is 9.78. The first-order valence-electron chi connectivity index (χ1n) is 9.78. The van der Waals surface area contributed by atoms with Crippen LogP contribution in [0.2, 0.25) is 0 Å². The number of benzene rings is 3. The van der Waals surface area contributed by atoms with Gasteiger partial charge in [0.15, 0.2) is 6.10 Å². The zero-order valence-corrected chi connectivity index (χ0v) is 17.1. The van der Waals surface area contributed by atoms with Crippen LogP contribution < -0.4 is 9.47 Å². The zero-order chi connectivity index (χ0) is 20.6. The van der Waals surface area contributed by atoms with Crippen molar-refractivity contribution in [3.05, 3.63) is 83.9 Å². The summed E-state index contributed by atoms with van der Waals surface area (Å²) in [6.45, 7) is 6.34. The summed E-state index contributed by atoms with van der Waals surface area (Å²) in [7, 11) is 0. The van der Waals surface area contributed by atoms with Crippen LogP contribution in [0.15, 0.2) is 72.8 Å². The lowest BCUT2D eigenvalue weighted by Gasteiger charge is -2.17. The van der Waals surface area contributed by atoms with E-state index in [1.165, 1.54) is 0 Å². The van der Waals surface area contributed by atoms with Gasteiger partial charge in [0, 0.05) is 0 Å². The molecule has 0 radical (unpaired) electrons. The molecule has 0 aliphatic heterocycles. The third-order valence-corrected chi connectivity index (χ3v) is 4.62. The molecule has 0 aliphatic carbocycles. The lowest BCUT2D eigenvalue weighted by Crippen LogP contribution is -2.26. The van der Waals surface area contributed by atoms with Crippen LogP contribution in [-0.2, 0) is 16.1 Å². The van der Waals surface area contributed by atoms with Crippen molar-refractivity contribution in [3.63, 3.8) is 0 Å². The second kappa shape index (κ2) is 9.78. The molecular weight excluding hydrogens is 364 g/mol. The summed E-state index contributed by atoms with van der Waals surface area (Å²) >= 11 is 0. The van der Waals surface area contributed by atoms with Gasteiger partial charge in [0.2, 0.25) is 0 Å². The van der Waals surface area contributed by atoms with Crippen LogP contribution in [-0.4, -0.2) is 18.7 Å². The standard InChI is InChI=1S/C25H26O4/c1-4-27-25(26)19(3)29-24-12-8-11-23(18(24)2)21-13-15-22(16-14-21)28-17-20-9-6-5-7-10-20/h5-16,19H,4,17H2,1-3H3. The van der Waals surface area contributed by atoms with Crippen LogP contribution in [0, 0.1) is 6.92 Å². The van der Waals surface area contributed by atoms with Crippen LogP contribution in [0.25, 0.3) is 11.1 Å². The highest BCUT2D eigenvalue weighted by atomic mass is 16.6. The lowest BCUT2D eigenvalue weighted by atomic mass is 10.00. The molecule has 0 fully saturated rings. The number of carbonyl (C=O) groups excluding carboxylic acids is 1. The molecule has 0 N–H and O–H groups in total. The van der Waals surface area contributed by atoms with Gasteiger partial charge in [-0.05, 0) is 61.2 Å². The Bertz CT molecular complexity index is 933. The number of esters is 1. The molecule has 4 heteroatoms. The normalized spacial score (nSPS) is 11.6. The van der Waals surface area contributed by atoms with Crippen molar-refractivity contribution in [2.75, 3.05) is 6.61 Å². The first-order chi connectivity index (χ1) is 14.1. The number of rotatable bonds is 8. The van der Waals surface area contributed by atoms with Crippen LogP contribution in [0.1, 0.15) is 25.0 Å². The summed E-state index contributed by atoms with van der Waals surface area (Å²) in [5.41, 5.74) is 4.21. The molecule has 0 bridgehead atoms. The molecule has 0 saturated carbocycles. The molecule has 1 unspecified atom stereocenters. The fourth-order valence-electron chi connectivity index (χ4n) is 3.02. The highest BCUT2D eigenvalue weighted by molar-refractivity contribution is 5.75. The van der Waals surface area contributed by atoms with Gasteiger partial charge < -0.3 is 14.2 Å². The summed E-state index contributed by atoms with van der Waals surface area (Å²) in [6.07, 6.45) is -0.655. The van der Waals surface area contributed by atoms with E-state index in [2.05, 4.69) is 0 Å². The fourth-order valence-corrected chi connectivity index (χ4v) is 3.02. The molecule has 4 nitrogen and oxygen atoms in total. The average Bonchev–Trinajstić information content (AvgIpc) is 2.75. The van der Waals surface area contributed by atoms with Crippen molar-refractivity contribution in [2.45, 2.75) is 33.5 Å². The minimum absolute atomic E-state index is 0.338. The third-order valence-electron chi connectivity index (χ3n) is 4.62. The van der Waals surface area contributed by atoms with Crippen molar-refractivity contribution >= 4 is 5.97 Å². The summed E-state index contributed by atoms with van der Waals surface area (Å²) < 4.78 is 16.7. The van der Waals surface area contributed by atoms with Gasteiger partial charge in [0.25, 0.3) is 0 Å². The summed E-state index contributed by atoms with van der Waals surface area (Å²) in [5, 5.41) is 0. The highest BCUT2D eigenvalue weighted by Gasteiger charge is 2.17. The lowest BCUT2D eigenvalue weighted by molar-refractivity contribution is -0.150. The second-order valence-corrected chi connectivity index (χ2v) is 6.74. The van der Waals surface area contributed by atoms with Crippen LogP contribution >= 0.6 is 0 Å². The van der Waals surface area contributed by atoms with Gasteiger partial charge in [0.05, 0.1) is 6.61 Å². The molecular formula is C25H26O4. The Morgan fingerprint density at radius 1 is 0.931 bits per heavy atom. The maximum absolute atomic E-state index is 11.9. The number of hydrogen-bond acceptors (Lipinski definition) is 4. The Morgan fingerprint density at radius 3 is 2.34 bits per heavy atom. The molecule has 150 valence electrons. The minimum atomic E-state index is -0.655. The van der Waals surface area contributed by atoms with Crippen molar-refractivity contribution < 1.29 is 19.0 Å².